The maximum Gasteiger partial charge on any atom is 0.339 e. The number of hydrogen-bond acceptors (Lipinski definition) is 5. The third-order valence-corrected chi connectivity index (χ3v) is 6.98. The molecule has 188 valence electrons. The molecule has 0 saturated carbocycles. The number of benzene rings is 3. The normalized spacial score (nSPS) is 13.2. The molecule has 7 nitrogen and oxygen atoms in total. The van der Waals surface area contributed by atoms with Crippen molar-refractivity contribution in [2.24, 2.45) is 0 Å². The van der Waals surface area contributed by atoms with Crippen LogP contribution in [-0.2, 0) is 11.2 Å². The number of carbonyl (C=O) groups is 2. The van der Waals surface area contributed by atoms with Gasteiger partial charge in [-0.15, -0.1) is 0 Å². The van der Waals surface area contributed by atoms with Crippen LogP contribution in [0.2, 0.25) is 5.02 Å². The largest absolute Gasteiger partial charge is 0.496 e. The Morgan fingerprint density at radius 3 is 2.44 bits per heavy atom. The van der Waals surface area contributed by atoms with Gasteiger partial charge in [-0.3, -0.25) is 10.2 Å². The van der Waals surface area contributed by atoms with Crippen LogP contribution in [-0.4, -0.2) is 37.2 Å². The number of nitrogens with zero attached hydrogens (tertiary/aromatic N) is 2. The number of rotatable bonds is 8. The van der Waals surface area contributed by atoms with E-state index in [1.165, 1.54) is 25.7 Å². The molecule has 0 aromatic heterocycles. The second-order valence-electron chi connectivity index (χ2n) is 8.51. The van der Waals surface area contributed by atoms with Crippen molar-refractivity contribution < 1.29 is 19.4 Å². The van der Waals surface area contributed by atoms with E-state index in [1.54, 1.807) is 5.01 Å². The molecule has 0 spiro atoms. The molecule has 4 rings (SSSR count). The molecule has 3 aromatic carbocycles. The lowest BCUT2D eigenvalue weighted by atomic mass is 10.1. The van der Waals surface area contributed by atoms with Crippen LogP contribution in [0.4, 0.5) is 17.1 Å². The quantitative estimate of drug-likeness (QED) is 0.304. The standard InChI is InChI=1S/C27H27BrClN3O4/c1-36-25-15-18(22(29)17-21(25)27(34)35)16-26(33)32(30-20-11-9-19(28)10-12-20)24-8-4-3-7-23(24)31-13-5-2-6-14-31/h3-4,7-12,15,17,30H,2,5-6,13-14,16H2,1H3,(H,34,35). The number of hydrogen-bond donors (Lipinski definition) is 2. The summed E-state index contributed by atoms with van der Waals surface area (Å²) in [6.07, 6.45) is 3.35. The van der Waals surface area contributed by atoms with Gasteiger partial charge in [-0.1, -0.05) is 39.7 Å². The molecule has 1 amide bonds. The molecular weight excluding hydrogens is 546 g/mol. The average Bonchev–Trinajstić information content (AvgIpc) is 2.89. The maximum absolute atomic E-state index is 13.8. The van der Waals surface area contributed by atoms with Crippen molar-refractivity contribution >= 4 is 56.5 Å². The Kier molecular flexibility index (Phi) is 8.38. The average molecular weight is 573 g/mol. The fraction of sp³-hybridized carbons (Fsp3) is 0.259. The number of carbonyl (C=O) groups excluding carboxylic acids is 1. The minimum Gasteiger partial charge on any atom is -0.496 e. The monoisotopic (exact) mass is 571 g/mol. The minimum atomic E-state index is -1.15. The van der Waals surface area contributed by atoms with Gasteiger partial charge in [0.05, 0.1) is 30.6 Å². The lowest BCUT2D eigenvalue weighted by molar-refractivity contribution is -0.117. The smallest absolute Gasteiger partial charge is 0.339 e. The lowest BCUT2D eigenvalue weighted by Crippen LogP contribution is -2.39. The fourth-order valence-electron chi connectivity index (χ4n) is 4.27. The summed E-state index contributed by atoms with van der Waals surface area (Å²) in [6, 6.07) is 18.2. The molecule has 0 radical (unpaired) electrons. The Balaban J connectivity index is 1.71. The first-order chi connectivity index (χ1) is 17.4. The van der Waals surface area contributed by atoms with Gasteiger partial charge in [-0.25, -0.2) is 9.80 Å². The molecule has 2 N–H and O–H groups in total. The predicted octanol–water partition coefficient (Wildman–Crippen LogP) is 6.40. The van der Waals surface area contributed by atoms with Crippen LogP contribution in [0.3, 0.4) is 0 Å². The molecule has 1 heterocycles. The van der Waals surface area contributed by atoms with E-state index < -0.39 is 5.97 Å². The molecule has 0 unspecified atom stereocenters. The Morgan fingerprint density at radius 2 is 1.78 bits per heavy atom. The van der Waals surface area contributed by atoms with Crippen molar-refractivity contribution in [3.8, 4) is 5.75 Å². The summed E-state index contributed by atoms with van der Waals surface area (Å²) in [4.78, 5) is 27.7. The van der Waals surface area contributed by atoms with E-state index >= 15 is 0 Å². The number of aromatic carboxylic acids is 1. The molecule has 1 aliphatic rings. The van der Waals surface area contributed by atoms with Crippen LogP contribution < -0.4 is 20.1 Å². The zero-order valence-electron chi connectivity index (χ0n) is 19.8. The number of anilines is 3. The number of piperidine rings is 1. The molecule has 0 bridgehead atoms. The molecule has 1 aliphatic heterocycles. The summed E-state index contributed by atoms with van der Waals surface area (Å²) in [5, 5.41) is 11.2. The van der Waals surface area contributed by atoms with Gasteiger partial charge >= 0.3 is 5.97 Å². The first-order valence-electron chi connectivity index (χ1n) is 11.7. The maximum atomic E-state index is 13.8. The number of para-hydroxylation sites is 2. The number of carboxylic acids is 1. The molecule has 3 aromatic rings. The van der Waals surface area contributed by atoms with E-state index in [9.17, 15) is 14.7 Å². The summed E-state index contributed by atoms with van der Waals surface area (Å²) in [5.74, 6) is -1.26. The molecule has 9 heteroatoms. The van der Waals surface area contributed by atoms with E-state index in [2.05, 4.69) is 26.3 Å². The van der Waals surface area contributed by atoms with Crippen molar-refractivity contribution in [1.82, 2.24) is 0 Å². The first kappa shape index (κ1) is 25.9. The van der Waals surface area contributed by atoms with Crippen molar-refractivity contribution in [3.63, 3.8) is 0 Å². The van der Waals surface area contributed by atoms with E-state index in [4.69, 9.17) is 16.3 Å². The van der Waals surface area contributed by atoms with Gasteiger partial charge in [0.2, 0.25) is 5.91 Å². The number of hydrazine groups is 1. The molecule has 36 heavy (non-hydrogen) atoms. The number of halogens is 2. The topological polar surface area (TPSA) is 82.1 Å². The summed E-state index contributed by atoms with van der Waals surface area (Å²) >= 11 is 9.85. The van der Waals surface area contributed by atoms with Gasteiger partial charge in [0.1, 0.15) is 11.3 Å². The Labute approximate surface area is 223 Å². The third kappa shape index (κ3) is 5.94. The van der Waals surface area contributed by atoms with Crippen molar-refractivity contribution in [2.75, 3.05) is 35.5 Å². The molecule has 0 atom stereocenters. The van der Waals surface area contributed by atoms with Crippen molar-refractivity contribution in [2.45, 2.75) is 25.7 Å². The number of amides is 1. The summed E-state index contributed by atoms with van der Waals surface area (Å²) in [5.41, 5.74) is 6.13. The van der Waals surface area contributed by atoms with Crippen LogP contribution in [0.5, 0.6) is 5.75 Å². The van der Waals surface area contributed by atoms with Crippen LogP contribution >= 0.6 is 27.5 Å². The molecule has 1 fully saturated rings. The molecule has 0 aliphatic carbocycles. The van der Waals surface area contributed by atoms with Gasteiger partial charge in [-0.2, -0.15) is 0 Å². The summed E-state index contributed by atoms with van der Waals surface area (Å²) in [6.45, 7) is 1.86. The highest BCUT2D eigenvalue weighted by Gasteiger charge is 2.25. The zero-order valence-corrected chi connectivity index (χ0v) is 22.2. The predicted molar refractivity (Wildman–Crippen MR) is 146 cm³/mol. The number of carboxylic acid groups (broad SMARTS) is 1. The van der Waals surface area contributed by atoms with Gasteiger partial charge < -0.3 is 14.7 Å². The lowest BCUT2D eigenvalue weighted by Gasteiger charge is -2.34. The second-order valence-corrected chi connectivity index (χ2v) is 9.83. The second kappa shape index (κ2) is 11.7. The SMILES string of the molecule is COc1cc(CC(=O)N(Nc2ccc(Br)cc2)c2ccccc2N2CCCCC2)c(Cl)cc1C(=O)O. The highest BCUT2D eigenvalue weighted by atomic mass is 79.9. The van der Waals surface area contributed by atoms with Crippen molar-refractivity contribution in [1.29, 1.82) is 0 Å². The van der Waals surface area contributed by atoms with Gasteiger partial charge in [-0.05, 0) is 73.4 Å². The fourth-order valence-corrected chi connectivity index (χ4v) is 4.77. The van der Waals surface area contributed by atoms with Gasteiger partial charge in [0.25, 0.3) is 0 Å². The van der Waals surface area contributed by atoms with Crippen LogP contribution in [0.25, 0.3) is 0 Å². The van der Waals surface area contributed by atoms with Gasteiger partial charge in [0.15, 0.2) is 0 Å². The summed E-state index contributed by atoms with van der Waals surface area (Å²) < 4.78 is 6.17. The van der Waals surface area contributed by atoms with E-state index in [1.807, 2.05) is 48.5 Å². The summed E-state index contributed by atoms with van der Waals surface area (Å²) in [7, 11) is 1.39. The van der Waals surface area contributed by atoms with Gasteiger partial charge in [0, 0.05) is 22.6 Å². The van der Waals surface area contributed by atoms with E-state index in [0.29, 0.717) is 5.56 Å². The van der Waals surface area contributed by atoms with Crippen LogP contribution in [0.15, 0.2) is 65.1 Å². The molecule has 1 saturated heterocycles. The Morgan fingerprint density at radius 1 is 1.08 bits per heavy atom. The number of ether oxygens (including phenoxy) is 1. The van der Waals surface area contributed by atoms with Crippen LogP contribution in [0, 0.1) is 0 Å². The number of nitrogens with one attached hydrogen (secondary N) is 1. The van der Waals surface area contributed by atoms with E-state index in [0.717, 1.165) is 47.5 Å². The first-order valence-corrected chi connectivity index (χ1v) is 12.8. The van der Waals surface area contributed by atoms with E-state index in [-0.39, 0.29) is 28.7 Å². The van der Waals surface area contributed by atoms with Crippen molar-refractivity contribution in [3.05, 3.63) is 81.3 Å². The number of methoxy groups -OCH3 is 1. The Hall–Kier alpha value is -3.23. The third-order valence-electron chi connectivity index (χ3n) is 6.09. The zero-order chi connectivity index (χ0) is 25.7. The highest BCUT2D eigenvalue weighted by Crippen LogP contribution is 2.34. The Bertz CT molecular complexity index is 1250. The minimum absolute atomic E-state index is 0.0565. The highest BCUT2D eigenvalue weighted by molar-refractivity contribution is 9.10. The molecular formula is C27H27BrClN3O4. The van der Waals surface area contributed by atoms with Crippen LogP contribution in [0.1, 0.15) is 35.2 Å².